The minimum absolute atomic E-state index is 0. The average Bonchev–Trinajstić information content (AvgIpc) is 1.94. The summed E-state index contributed by atoms with van der Waals surface area (Å²) >= 11 is 8.58. The van der Waals surface area contributed by atoms with Crippen LogP contribution < -0.4 is 0 Å². The lowest BCUT2D eigenvalue weighted by atomic mass is 10.4. The van der Waals surface area contributed by atoms with Crippen molar-refractivity contribution in [3.05, 3.63) is 32.0 Å². The van der Waals surface area contributed by atoms with E-state index in [-0.39, 0.29) is 23.1 Å². The molecule has 0 atom stereocenters. The van der Waals surface area contributed by atoms with Crippen LogP contribution in [-0.4, -0.2) is 9.91 Å². The Kier molecular flexibility index (Phi) is 4.44. The molecule has 0 aliphatic carbocycles. The van der Waals surface area contributed by atoms with Crippen molar-refractivity contribution in [3.8, 4) is 0 Å². The SMILES string of the molecule is Cl.O=[N+]([O-])c1cncc(Br)c1Cl. The second-order valence-electron chi connectivity index (χ2n) is 1.71. The highest BCUT2D eigenvalue weighted by Gasteiger charge is 2.14. The van der Waals surface area contributed by atoms with E-state index in [1.165, 1.54) is 6.20 Å². The van der Waals surface area contributed by atoms with E-state index in [1.54, 1.807) is 0 Å². The number of halogens is 3. The first-order valence-corrected chi connectivity index (χ1v) is 3.73. The fourth-order valence-corrected chi connectivity index (χ4v) is 1.02. The van der Waals surface area contributed by atoms with E-state index < -0.39 is 4.92 Å². The zero-order valence-electron chi connectivity index (χ0n) is 5.53. The summed E-state index contributed by atoms with van der Waals surface area (Å²) in [6, 6.07) is 0. The molecule has 12 heavy (non-hydrogen) atoms. The number of hydrogen-bond donors (Lipinski definition) is 0. The van der Waals surface area contributed by atoms with Gasteiger partial charge in [0.05, 0.1) is 9.40 Å². The van der Waals surface area contributed by atoms with Gasteiger partial charge in [-0.3, -0.25) is 15.1 Å². The normalized spacial score (nSPS) is 8.83. The van der Waals surface area contributed by atoms with E-state index in [9.17, 15) is 10.1 Å². The quantitative estimate of drug-likeness (QED) is 0.584. The van der Waals surface area contributed by atoms with Crippen LogP contribution in [0.2, 0.25) is 5.02 Å². The molecule has 0 aromatic carbocycles. The number of pyridine rings is 1. The van der Waals surface area contributed by atoms with Gasteiger partial charge in [-0.15, -0.1) is 12.4 Å². The van der Waals surface area contributed by atoms with E-state index in [0.29, 0.717) is 4.47 Å². The molecule has 1 aromatic heterocycles. The first-order chi connectivity index (χ1) is 5.13. The zero-order chi connectivity index (χ0) is 8.43. The maximum Gasteiger partial charge on any atom is 0.307 e. The van der Waals surface area contributed by atoms with E-state index in [0.717, 1.165) is 6.20 Å². The maximum atomic E-state index is 10.2. The molecule has 0 N–H and O–H groups in total. The van der Waals surface area contributed by atoms with Crippen LogP contribution >= 0.6 is 39.9 Å². The lowest BCUT2D eigenvalue weighted by Gasteiger charge is -1.94. The Labute approximate surface area is 87.6 Å². The summed E-state index contributed by atoms with van der Waals surface area (Å²) in [5.41, 5.74) is -0.193. The Morgan fingerprint density at radius 3 is 2.58 bits per heavy atom. The molecular formula is C5H3BrCl2N2O2. The number of nitro groups is 1. The van der Waals surface area contributed by atoms with E-state index in [1.807, 2.05) is 0 Å². The molecule has 0 unspecified atom stereocenters. The molecule has 0 amide bonds. The van der Waals surface area contributed by atoms with E-state index in [2.05, 4.69) is 20.9 Å². The molecule has 1 aromatic rings. The molecule has 0 aliphatic rings. The van der Waals surface area contributed by atoms with Crippen molar-refractivity contribution in [1.82, 2.24) is 4.98 Å². The predicted octanol–water partition coefficient (Wildman–Crippen LogP) is 2.83. The van der Waals surface area contributed by atoms with Gasteiger partial charge in [0.1, 0.15) is 11.2 Å². The molecule has 7 heteroatoms. The van der Waals surface area contributed by atoms with Crippen LogP contribution in [0.25, 0.3) is 0 Å². The van der Waals surface area contributed by atoms with Crippen LogP contribution in [0.1, 0.15) is 0 Å². The van der Waals surface area contributed by atoms with Gasteiger partial charge < -0.3 is 0 Å². The highest BCUT2D eigenvalue weighted by Crippen LogP contribution is 2.29. The van der Waals surface area contributed by atoms with Crippen LogP contribution in [0.15, 0.2) is 16.9 Å². The number of rotatable bonds is 1. The summed E-state index contributed by atoms with van der Waals surface area (Å²) in [5, 5.41) is 10.3. The molecule has 0 aliphatic heterocycles. The minimum Gasteiger partial charge on any atom is -0.258 e. The lowest BCUT2D eigenvalue weighted by Crippen LogP contribution is -1.90. The third kappa shape index (κ3) is 2.30. The van der Waals surface area contributed by atoms with Gasteiger partial charge in [0, 0.05) is 6.20 Å². The molecule has 4 nitrogen and oxygen atoms in total. The maximum absolute atomic E-state index is 10.2. The third-order valence-corrected chi connectivity index (χ3v) is 2.24. The smallest absolute Gasteiger partial charge is 0.258 e. The topological polar surface area (TPSA) is 56.0 Å². The van der Waals surface area contributed by atoms with Crippen molar-refractivity contribution in [2.45, 2.75) is 0 Å². The van der Waals surface area contributed by atoms with Gasteiger partial charge in [0.15, 0.2) is 0 Å². The molecule has 0 saturated heterocycles. The molecular weight excluding hydrogens is 271 g/mol. The van der Waals surface area contributed by atoms with Gasteiger partial charge >= 0.3 is 5.69 Å². The van der Waals surface area contributed by atoms with Crippen molar-refractivity contribution in [1.29, 1.82) is 0 Å². The summed E-state index contributed by atoms with van der Waals surface area (Å²) in [6.45, 7) is 0. The van der Waals surface area contributed by atoms with E-state index >= 15 is 0 Å². The molecule has 66 valence electrons. The van der Waals surface area contributed by atoms with Gasteiger partial charge in [-0.25, -0.2) is 0 Å². The number of aromatic nitrogens is 1. The second kappa shape index (κ2) is 4.59. The van der Waals surface area contributed by atoms with Gasteiger partial charge in [0.2, 0.25) is 0 Å². The minimum atomic E-state index is -0.583. The van der Waals surface area contributed by atoms with Crippen molar-refractivity contribution in [2.75, 3.05) is 0 Å². The Bertz CT molecular complexity index is 307. The standard InChI is InChI=1S/C5H2BrClN2O2.ClH/c6-3-1-8-2-4(5(3)7)9(10)11;/h1-2H;1H. The summed E-state index contributed by atoms with van der Waals surface area (Å²) in [6.07, 6.45) is 2.50. The lowest BCUT2D eigenvalue weighted by molar-refractivity contribution is -0.385. The molecule has 1 heterocycles. The van der Waals surface area contributed by atoms with Crippen LogP contribution in [0, 0.1) is 10.1 Å². The highest BCUT2D eigenvalue weighted by atomic mass is 79.9. The first-order valence-electron chi connectivity index (χ1n) is 2.56. The van der Waals surface area contributed by atoms with Crippen LogP contribution in [0.4, 0.5) is 5.69 Å². The molecule has 0 bridgehead atoms. The molecule has 0 radical (unpaired) electrons. The van der Waals surface area contributed by atoms with Crippen LogP contribution in [-0.2, 0) is 0 Å². The fraction of sp³-hybridized carbons (Fsp3) is 0. The first kappa shape index (κ1) is 11.6. The van der Waals surface area contributed by atoms with Crippen LogP contribution in [0.3, 0.4) is 0 Å². The van der Waals surface area contributed by atoms with Gasteiger partial charge in [-0.2, -0.15) is 0 Å². The molecule has 0 fully saturated rings. The van der Waals surface area contributed by atoms with Gasteiger partial charge in [-0.1, -0.05) is 11.6 Å². The van der Waals surface area contributed by atoms with Crippen molar-refractivity contribution < 1.29 is 4.92 Å². The number of hydrogen-bond acceptors (Lipinski definition) is 3. The third-order valence-electron chi connectivity index (χ3n) is 1.02. The molecule has 1 rings (SSSR count). The average molecular weight is 274 g/mol. The predicted molar refractivity (Wildman–Crippen MR) is 50.8 cm³/mol. The fourth-order valence-electron chi connectivity index (χ4n) is 0.536. The van der Waals surface area contributed by atoms with Crippen molar-refractivity contribution in [3.63, 3.8) is 0 Å². The Hall–Kier alpha value is -0.390. The second-order valence-corrected chi connectivity index (χ2v) is 2.94. The molecule has 0 spiro atoms. The zero-order valence-corrected chi connectivity index (χ0v) is 8.69. The largest absolute Gasteiger partial charge is 0.307 e. The van der Waals surface area contributed by atoms with E-state index in [4.69, 9.17) is 11.6 Å². The monoisotopic (exact) mass is 272 g/mol. The molecule has 0 saturated carbocycles. The van der Waals surface area contributed by atoms with Crippen molar-refractivity contribution >= 4 is 45.6 Å². The summed E-state index contributed by atoms with van der Waals surface area (Å²) in [5.74, 6) is 0. The summed E-state index contributed by atoms with van der Waals surface area (Å²) < 4.78 is 0.424. The van der Waals surface area contributed by atoms with Crippen LogP contribution in [0.5, 0.6) is 0 Å². The summed E-state index contributed by atoms with van der Waals surface area (Å²) in [7, 11) is 0. The van der Waals surface area contributed by atoms with Gasteiger partial charge in [0.25, 0.3) is 0 Å². The van der Waals surface area contributed by atoms with Crippen molar-refractivity contribution in [2.24, 2.45) is 0 Å². The Morgan fingerprint density at radius 2 is 2.17 bits per heavy atom. The highest BCUT2D eigenvalue weighted by molar-refractivity contribution is 9.10. The van der Waals surface area contributed by atoms with Gasteiger partial charge in [-0.05, 0) is 15.9 Å². The Balaban J connectivity index is 0.00000121. The summed E-state index contributed by atoms with van der Waals surface area (Å²) in [4.78, 5) is 13.2. The Morgan fingerprint density at radius 1 is 1.58 bits per heavy atom. The number of nitrogens with zero attached hydrogens (tertiary/aromatic N) is 2.